The molecule has 0 aliphatic carbocycles. The molecule has 1 aromatic carbocycles. The molecule has 1 rings (SSSR count). The number of ether oxygens (including phenoxy) is 2. The molecule has 0 saturated carbocycles. The second-order valence-corrected chi connectivity index (χ2v) is 4.76. The maximum absolute atomic E-state index is 12.0. The van der Waals surface area contributed by atoms with Crippen molar-refractivity contribution in [1.82, 2.24) is 9.80 Å². The lowest BCUT2D eigenvalue weighted by Gasteiger charge is -2.23. The van der Waals surface area contributed by atoms with Gasteiger partial charge >= 0.3 is 0 Å². The van der Waals surface area contributed by atoms with E-state index in [9.17, 15) is 9.59 Å². The van der Waals surface area contributed by atoms with Crippen LogP contribution in [0, 0.1) is 0 Å². The van der Waals surface area contributed by atoms with Gasteiger partial charge in [0.2, 0.25) is 5.91 Å². The molecule has 1 aromatic rings. The van der Waals surface area contributed by atoms with Gasteiger partial charge in [0.15, 0.2) is 18.1 Å². The fraction of sp³-hybridized carbons (Fsp3) is 0.500. The summed E-state index contributed by atoms with van der Waals surface area (Å²) in [5.41, 5.74) is 0. The second kappa shape index (κ2) is 8.92. The minimum absolute atomic E-state index is 0.0514. The van der Waals surface area contributed by atoms with Crippen molar-refractivity contribution >= 4 is 11.8 Å². The van der Waals surface area contributed by atoms with E-state index in [-0.39, 0.29) is 25.0 Å². The Labute approximate surface area is 131 Å². The van der Waals surface area contributed by atoms with Crippen LogP contribution in [-0.2, 0) is 9.59 Å². The first kappa shape index (κ1) is 17.8. The molecule has 6 nitrogen and oxygen atoms in total. The van der Waals surface area contributed by atoms with Gasteiger partial charge in [0.05, 0.1) is 13.7 Å². The van der Waals surface area contributed by atoms with Crippen LogP contribution in [0.3, 0.4) is 0 Å². The molecule has 0 aliphatic rings. The lowest BCUT2D eigenvalue weighted by molar-refractivity contribution is -0.140. The van der Waals surface area contributed by atoms with Gasteiger partial charge in [0, 0.05) is 20.1 Å². The minimum Gasteiger partial charge on any atom is -0.493 e. The molecule has 0 fully saturated rings. The van der Waals surface area contributed by atoms with Crippen LogP contribution in [0.1, 0.15) is 13.8 Å². The molecule has 0 bridgehead atoms. The third kappa shape index (κ3) is 4.95. The van der Waals surface area contributed by atoms with Crippen molar-refractivity contribution < 1.29 is 19.1 Å². The van der Waals surface area contributed by atoms with E-state index in [1.807, 2.05) is 19.9 Å². The van der Waals surface area contributed by atoms with Gasteiger partial charge in [0.1, 0.15) is 0 Å². The van der Waals surface area contributed by atoms with E-state index >= 15 is 0 Å². The summed E-state index contributed by atoms with van der Waals surface area (Å²) in [5.74, 6) is 0.739. The maximum atomic E-state index is 12.0. The minimum atomic E-state index is -0.258. The molecule has 0 heterocycles. The van der Waals surface area contributed by atoms with Crippen molar-refractivity contribution in [3.8, 4) is 11.5 Å². The summed E-state index contributed by atoms with van der Waals surface area (Å²) in [7, 11) is 3.13. The number of carbonyl (C=O) groups is 2. The normalized spacial score (nSPS) is 10.0. The maximum Gasteiger partial charge on any atom is 0.260 e. The summed E-state index contributed by atoms with van der Waals surface area (Å²) in [5, 5.41) is 0. The first-order valence-electron chi connectivity index (χ1n) is 7.31. The van der Waals surface area contributed by atoms with Crippen LogP contribution in [0.4, 0.5) is 0 Å². The Morgan fingerprint density at radius 2 is 1.64 bits per heavy atom. The SMILES string of the molecule is CCN(CC)C(=O)CN(C)C(=O)COc1ccccc1OC. The molecule has 0 N–H and O–H groups in total. The molecule has 0 aliphatic heterocycles. The lowest BCUT2D eigenvalue weighted by Crippen LogP contribution is -2.42. The third-order valence-corrected chi connectivity index (χ3v) is 3.33. The van der Waals surface area contributed by atoms with Crippen molar-refractivity contribution in [1.29, 1.82) is 0 Å². The molecule has 0 aromatic heterocycles. The Hall–Kier alpha value is -2.24. The van der Waals surface area contributed by atoms with Crippen molar-refractivity contribution in [2.45, 2.75) is 13.8 Å². The number of hydrogen-bond acceptors (Lipinski definition) is 4. The first-order chi connectivity index (χ1) is 10.5. The number of amides is 2. The van der Waals surface area contributed by atoms with Crippen LogP contribution in [-0.4, -0.2) is 62.0 Å². The number of hydrogen-bond donors (Lipinski definition) is 0. The van der Waals surface area contributed by atoms with Gasteiger partial charge in [0.25, 0.3) is 5.91 Å². The Morgan fingerprint density at radius 1 is 1.05 bits per heavy atom. The molecule has 22 heavy (non-hydrogen) atoms. The Balaban J connectivity index is 2.52. The average molecular weight is 308 g/mol. The van der Waals surface area contributed by atoms with E-state index in [1.54, 1.807) is 37.3 Å². The monoisotopic (exact) mass is 308 g/mol. The summed E-state index contributed by atoms with van der Waals surface area (Å²) in [4.78, 5) is 27.1. The number of likely N-dealkylation sites (N-methyl/N-ethyl adjacent to an activating group) is 2. The fourth-order valence-electron chi connectivity index (χ4n) is 1.96. The first-order valence-corrected chi connectivity index (χ1v) is 7.31. The highest BCUT2D eigenvalue weighted by atomic mass is 16.5. The van der Waals surface area contributed by atoms with Gasteiger partial charge in [-0.15, -0.1) is 0 Å². The Morgan fingerprint density at radius 3 is 2.18 bits per heavy atom. The summed E-state index contributed by atoms with van der Waals surface area (Å²) in [6, 6.07) is 7.11. The predicted octanol–water partition coefficient (Wildman–Crippen LogP) is 1.40. The highest BCUT2D eigenvalue weighted by molar-refractivity contribution is 5.85. The molecule has 6 heteroatoms. The number of nitrogens with zero attached hydrogens (tertiary/aromatic N) is 2. The van der Waals surface area contributed by atoms with Gasteiger partial charge in [-0.1, -0.05) is 12.1 Å². The molecule has 0 radical (unpaired) electrons. The Bertz CT molecular complexity index is 501. The van der Waals surface area contributed by atoms with Crippen LogP contribution in [0.25, 0.3) is 0 Å². The van der Waals surface area contributed by atoms with Gasteiger partial charge < -0.3 is 19.3 Å². The van der Waals surface area contributed by atoms with Crippen LogP contribution in [0.15, 0.2) is 24.3 Å². The van der Waals surface area contributed by atoms with Gasteiger partial charge in [-0.3, -0.25) is 9.59 Å². The van der Waals surface area contributed by atoms with E-state index in [4.69, 9.17) is 9.47 Å². The second-order valence-electron chi connectivity index (χ2n) is 4.76. The van der Waals surface area contributed by atoms with Crippen LogP contribution in [0.5, 0.6) is 11.5 Å². The summed E-state index contributed by atoms with van der Waals surface area (Å²) < 4.78 is 10.6. The van der Waals surface area contributed by atoms with Crippen molar-refractivity contribution in [3.63, 3.8) is 0 Å². The summed E-state index contributed by atoms with van der Waals surface area (Å²) in [6.45, 7) is 5.00. The highest BCUT2D eigenvalue weighted by Crippen LogP contribution is 2.25. The van der Waals surface area contributed by atoms with Gasteiger partial charge in [-0.2, -0.15) is 0 Å². The topological polar surface area (TPSA) is 59.1 Å². The fourth-order valence-corrected chi connectivity index (χ4v) is 1.96. The highest BCUT2D eigenvalue weighted by Gasteiger charge is 2.17. The van der Waals surface area contributed by atoms with Crippen molar-refractivity contribution in [2.75, 3.05) is 40.4 Å². The summed E-state index contributed by atoms with van der Waals surface area (Å²) >= 11 is 0. The number of para-hydroxylation sites is 2. The smallest absolute Gasteiger partial charge is 0.260 e. The molecule has 122 valence electrons. The number of carbonyl (C=O) groups excluding carboxylic acids is 2. The van der Waals surface area contributed by atoms with Gasteiger partial charge in [-0.05, 0) is 26.0 Å². The predicted molar refractivity (Wildman–Crippen MR) is 84.1 cm³/mol. The largest absolute Gasteiger partial charge is 0.493 e. The number of methoxy groups -OCH3 is 1. The molecule has 0 saturated heterocycles. The Kier molecular flexibility index (Phi) is 7.22. The third-order valence-electron chi connectivity index (χ3n) is 3.33. The van der Waals surface area contributed by atoms with E-state index < -0.39 is 0 Å². The molecule has 0 unspecified atom stereocenters. The zero-order chi connectivity index (χ0) is 16.5. The number of rotatable bonds is 8. The zero-order valence-corrected chi connectivity index (χ0v) is 13.7. The quantitative estimate of drug-likeness (QED) is 0.728. The summed E-state index contributed by atoms with van der Waals surface area (Å²) in [6.07, 6.45) is 0. The molecular weight excluding hydrogens is 284 g/mol. The molecule has 0 atom stereocenters. The molecule has 2 amide bonds. The van der Waals surface area contributed by atoms with Crippen molar-refractivity contribution in [3.05, 3.63) is 24.3 Å². The van der Waals surface area contributed by atoms with Gasteiger partial charge in [-0.25, -0.2) is 0 Å². The van der Waals surface area contributed by atoms with E-state index in [0.717, 1.165) is 0 Å². The molecule has 0 spiro atoms. The molecular formula is C16H24N2O4. The van der Waals surface area contributed by atoms with Crippen LogP contribution >= 0.6 is 0 Å². The standard InChI is InChI=1S/C16H24N2O4/c1-5-18(6-2)15(19)11-17(3)16(20)12-22-14-10-8-7-9-13(14)21-4/h7-10H,5-6,11-12H2,1-4H3. The van der Waals surface area contributed by atoms with E-state index in [0.29, 0.717) is 24.6 Å². The van der Waals surface area contributed by atoms with E-state index in [2.05, 4.69) is 0 Å². The number of benzene rings is 1. The van der Waals surface area contributed by atoms with Crippen LogP contribution < -0.4 is 9.47 Å². The average Bonchev–Trinajstić information content (AvgIpc) is 2.53. The van der Waals surface area contributed by atoms with E-state index in [1.165, 1.54) is 4.90 Å². The van der Waals surface area contributed by atoms with Crippen molar-refractivity contribution in [2.24, 2.45) is 0 Å². The lowest BCUT2D eigenvalue weighted by atomic mass is 10.3. The zero-order valence-electron chi connectivity index (χ0n) is 13.7. The van der Waals surface area contributed by atoms with Crippen LogP contribution in [0.2, 0.25) is 0 Å².